The smallest absolute Gasteiger partial charge is 0.244 e. The lowest BCUT2D eigenvalue weighted by Crippen LogP contribution is -2.48. The van der Waals surface area contributed by atoms with Gasteiger partial charge >= 0.3 is 0 Å². The van der Waals surface area contributed by atoms with Crippen LogP contribution in [0.15, 0.2) is 0 Å². The van der Waals surface area contributed by atoms with Gasteiger partial charge in [0.15, 0.2) is 0 Å². The van der Waals surface area contributed by atoms with Crippen molar-refractivity contribution in [1.82, 2.24) is 10.2 Å². The van der Waals surface area contributed by atoms with E-state index in [1.165, 1.54) is 19.3 Å². The fourth-order valence-corrected chi connectivity index (χ4v) is 3.99. The Bertz CT molecular complexity index is 381. The minimum Gasteiger partial charge on any atom is -0.323 e. The first-order chi connectivity index (χ1) is 9.78. The van der Waals surface area contributed by atoms with Crippen molar-refractivity contribution < 1.29 is 4.79 Å². The lowest BCUT2D eigenvalue weighted by molar-refractivity contribution is -0.136. The molecule has 1 saturated carbocycles. The molecule has 0 aromatic heterocycles. The fraction of sp³-hybridized carbons (Fsp3) is 0.944. The fourth-order valence-electron chi connectivity index (χ4n) is 3.99. The molecule has 2 aliphatic rings. The van der Waals surface area contributed by atoms with Crippen LogP contribution >= 0.6 is 0 Å². The van der Waals surface area contributed by atoms with Gasteiger partial charge in [-0.05, 0) is 56.8 Å². The highest BCUT2D eigenvalue weighted by atomic mass is 16.2. The zero-order chi connectivity index (χ0) is 15.8. The van der Waals surface area contributed by atoms with Crippen molar-refractivity contribution in [2.75, 3.05) is 0 Å². The highest BCUT2D eigenvalue weighted by Crippen LogP contribution is 2.37. The molecular formula is C18H34N2O. The topological polar surface area (TPSA) is 32.3 Å². The predicted molar refractivity (Wildman–Crippen MR) is 87.9 cm³/mol. The normalized spacial score (nSPS) is 41.1. The van der Waals surface area contributed by atoms with Gasteiger partial charge in [-0.15, -0.1) is 0 Å². The van der Waals surface area contributed by atoms with Gasteiger partial charge in [0.05, 0.1) is 11.7 Å². The van der Waals surface area contributed by atoms with E-state index < -0.39 is 0 Å². The van der Waals surface area contributed by atoms with Crippen molar-refractivity contribution in [2.45, 2.75) is 91.4 Å². The summed E-state index contributed by atoms with van der Waals surface area (Å²) in [5.41, 5.74) is -0.355. The third-order valence-corrected chi connectivity index (χ3v) is 5.89. The van der Waals surface area contributed by atoms with Crippen LogP contribution in [0.5, 0.6) is 0 Å². The minimum absolute atomic E-state index is 0.230. The molecule has 2 rings (SSSR count). The summed E-state index contributed by atoms with van der Waals surface area (Å²) in [6.07, 6.45) is 5.76. The number of rotatable bonds is 4. The molecule has 5 unspecified atom stereocenters. The number of nitrogens with one attached hydrogen (secondary N) is 1. The SMILES string of the molecule is CCC1(C)NC(CC(C)C)N(C2CCC(C)C(C)C2)C1=O. The van der Waals surface area contributed by atoms with Crippen molar-refractivity contribution >= 4 is 5.91 Å². The molecular weight excluding hydrogens is 260 g/mol. The summed E-state index contributed by atoms with van der Waals surface area (Å²) in [4.78, 5) is 15.2. The van der Waals surface area contributed by atoms with Crippen LogP contribution in [-0.4, -0.2) is 28.6 Å². The molecule has 3 nitrogen and oxygen atoms in total. The molecule has 1 aliphatic carbocycles. The molecule has 122 valence electrons. The summed E-state index contributed by atoms with van der Waals surface area (Å²) in [7, 11) is 0. The van der Waals surface area contributed by atoms with E-state index in [1.54, 1.807) is 0 Å². The van der Waals surface area contributed by atoms with Crippen molar-refractivity contribution in [2.24, 2.45) is 17.8 Å². The highest BCUT2D eigenvalue weighted by Gasteiger charge is 2.49. The summed E-state index contributed by atoms with van der Waals surface area (Å²) in [5.74, 6) is 2.47. The molecule has 1 aliphatic heterocycles. The Morgan fingerprint density at radius 2 is 1.95 bits per heavy atom. The Kier molecular flexibility index (Phi) is 5.02. The maximum atomic E-state index is 13.0. The predicted octanol–water partition coefficient (Wildman–Crippen LogP) is 3.78. The summed E-state index contributed by atoms with van der Waals surface area (Å²) >= 11 is 0. The van der Waals surface area contributed by atoms with E-state index in [1.807, 2.05) is 0 Å². The largest absolute Gasteiger partial charge is 0.323 e. The van der Waals surface area contributed by atoms with E-state index in [0.717, 1.165) is 24.7 Å². The molecule has 1 amide bonds. The molecule has 0 bridgehead atoms. The molecule has 1 heterocycles. The van der Waals surface area contributed by atoms with E-state index in [9.17, 15) is 4.79 Å². The van der Waals surface area contributed by atoms with Gasteiger partial charge in [0, 0.05) is 6.04 Å². The standard InChI is InChI=1S/C18H34N2O/c1-7-18(6)17(21)20(16(19-18)10-12(2)3)15-9-8-13(4)14(5)11-15/h12-16,19H,7-11H2,1-6H3. The molecule has 1 N–H and O–H groups in total. The molecule has 0 spiro atoms. The van der Waals surface area contributed by atoms with Gasteiger partial charge in [0.25, 0.3) is 0 Å². The van der Waals surface area contributed by atoms with Crippen molar-refractivity contribution in [3.05, 3.63) is 0 Å². The zero-order valence-corrected chi connectivity index (χ0v) is 14.8. The van der Waals surface area contributed by atoms with Crippen molar-refractivity contribution in [1.29, 1.82) is 0 Å². The average Bonchev–Trinajstić information content (AvgIpc) is 2.65. The quantitative estimate of drug-likeness (QED) is 0.855. The molecule has 3 heteroatoms. The van der Waals surface area contributed by atoms with Crippen LogP contribution in [-0.2, 0) is 4.79 Å². The van der Waals surface area contributed by atoms with E-state index in [-0.39, 0.29) is 11.7 Å². The van der Waals surface area contributed by atoms with E-state index in [4.69, 9.17) is 0 Å². The first-order valence-corrected chi connectivity index (χ1v) is 8.89. The Balaban J connectivity index is 2.18. The molecule has 0 aromatic rings. The number of carbonyl (C=O) groups is 1. The number of hydrogen-bond acceptors (Lipinski definition) is 2. The maximum Gasteiger partial charge on any atom is 0.244 e. The van der Waals surface area contributed by atoms with Gasteiger partial charge in [-0.3, -0.25) is 10.1 Å². The number of nitrogens with zero attached hydrogens (tertiary/aromatic N) is 1. The summed E-state index contributed by atoms with van der Waals surface area (Å²) in [6, 6.07) is 0.438. The molecule has 2 fully saturated rings. The molecule has 0 aromatic carbocycles. The van der Waals surface area contributed by atoms with Crippen molar-refractivity contribution in [3.8, 4) is 0 Å². The van der Waals surface area contributed by atoms with E-state index >= 15 is 0 Å². The molecule has 21 heavy (non-hydrogen) atoms. The van der Waals surface area contributed by atoms with Crippen LogP contribution in [0.3, 0.4) is 0 Å². The van der Waals surface area contributed by atoms with E-state index in [2.05, 4.69) is 51.8 Å². The monoisotopic (exact) mass is 294 g/mol. The second-order valence-electron chi connectivity index (χ2n) is 8.11. The second-order valence-corrected chi connectivity index (χ2v) is 8.11. The Morgan fingerprint density at radius 1 is 1.29 bits per heavy atom. The van der Waals surface area contributed by atoms with Crippen LogP contribution in [0, 0.1) is 17.8 Å². The average molecular weight is 294 g/mol. The number of hydrogen-bond donors (Lipinski definition) is 1. The maximum absolute atomic E-state index is 13.0. The van der Waals surface area contributed by atoms with E-state index in [0.29, 0.717) is 17.9 Å². The van der Waals surface area contributed by atoms with Crippen LogP contribution < -0.4 is 5.32 Å². The lowest BCUT2D eigenvalue weighted by Gasteiger charge is -2.40. The van der Waals surface area contributed by atoms with Crippen LogP contribution in [0.25, 0.3) is 0 Å². The van der Waals surface area contributed by atoms with Gasteiger partial charge in [-0.25, -0.2) is 0 Å². The van der Waals surface area contributed by atoms with Crippen LogP contribution in [0.4, 0.5) is 0 Å². The second kappa shape index (κ2) is 6.28. The Labute approximate surface area is 130 Å². The Morgan fingerprint density at radius 3 is 2.48 bits per heavy atom. The molecule has 0 radical (unpaired) electrons. The Hall–Kier alpha value is -0.570. The first kappa shape index (κ1) is 16.8. The number of amides is 1. The minimum atomic E-state index is -0.355. The zero-order valence-electron chi connectivity index (χ0n) is 14.8. The van der Waals surface area contributed by atoms with Gasteiger partial charge in [-0.2, -0.15) is 0 Å². The van der Waals surface area contributed by atoms with Gasteiger partial charge in [0.2, 0.25) is 5.91 Å². The highest BCUT2D eigenvalue weighted by molar-refractivity contribution is 5.88. The third kappa shape index (κ3) is 3.28. The van der Waals surface area contributed by atoms with Gasteiger partial charge in [-0.1, -0.05) is 34.6 Å². The van der Waals surface area contributed by atoms with Crippen LogP contribution in [0.1, 0.15) is 73.6 Å². The molecule has 5 atom stereocenters. The third-order valence-electron chi connectivity index (χ3n) is 5.89. The summed E-state index contributed by atoms with van der Waals surface area (Å²) in [6.45, 7) is 13.4. The van der Waals surface area contributed by atoms with Gasteiger partial charge < -0.3 is 4.90 Å². The van der Waals surface area contributed by atoms with Gasteiger partial charge in [0.1, 0.15) is 0 Å². The van der Waals surface area contributed by atoms with Crippen molar-refractivity contribution in [3.63, 3.8) is 0 Å². The number of carbonyl (C=O) groups excluding carboxylic acids is 1. The first-order valence-electron chi connectivity index (χ1n) is 8.89. The lowest BCUT2D eigenvalue weighted by atomic mass is 9.78. The van der Waals surface area contributed by atoms with Crippen LogP contribution in [0.2, 0.25) is 0 Å². The molecule has 1 saturated heterocycles. The summed E-state index contributed by atoms with van der Waals surface area (Å²) < 4.78 is 0. The summed E-state index contributed by atoms with van der Waals surface area (Å²) in [5, 5.41) is 3.65.